The van der Waals surface area contributed by atoms with Crippen molar-refractivity contribution in [2.45, 2.75) is 45.5 Å². The fraction of sp³-hybridized carbons (Fsp3) is 0.476. The third-order valence-electron chi connectivity index (χ3n) is 6.65. The lowest BCUT2D eigenvalue weighted by molar-refractivity contribution is -0.0501. The Kier molecular flexibility index (Phi) is 3.71. The average Bonchev–Trinajstić information content (AvgIpc) is 2.81. The number of hydrogen-bond donors (Lipinski definition) is 3. The number of benzene rings is 2. The molecule has 1 saturated heterocycles. The van der Waals surface area contributed by atoms with Crippen LogP contribution in [0.15, 0.2) is 6.07 Å². The fourth-order valence-corrected chi connectivity index (χ4v) is 4.70. The molecular weight excluding hydrogens is 364 g/mol. The summed E-state index contributed by atoms with van der Waals surface area (Å²) in [5.41, 5.74) is -1.70. The highest BCUT2D eigenvalue weighted by molar-refractivity contribution is 6.21. The Morgan fingerprint density at radius 3 is 2.29 bits per heavy atom. The first-order chi connectivity index (χ1) is 13.0. The first-order valence-corrected chi connectivity index (χ1v) is 9.09. The van der Waals surface area contributed by atoms with Crippen LogP contribution in [0.5, 0.6) is 23.0 Å². The van der Waals surface area contributed by atoms with E-state index in [1.807, 2.05) is 6.92 Å². The first kappa shape index (κ1) is 18.8. The maximum absolute atomic E-state index is 13.6. The summed E-state index contributed by atoms with van der Waals surface area (Å²) in [4.78, 5) is 13.6. The maximum Gasteiger partial charge on any atom is 0.204 e. The Balaban J connectivity index is 2.27. The van der Waals surface area contributed by atoms with Crippen LogP contribution in [0, 0.1) is 12.3 Å². The molecule has 3 unspecified atom stereocenters. The van der Waals surface area contributed by atoms with Crippen molar-refractivity contribution in [3.63, 3.8) is 0 Å². The van der Waals surface area contributed by atoms with Crippen molar-refractivity contribution in [2.24, 2.45) is 5.41 Å². The van der Waals surface area contributed by atoms with E-state index >= 15 is 0 Å². The molecule has 0 amide bonds. The van der Waals surface area contributed by atoms with Crippen molar-refractivity contribution in [2.75, 3.05) is 14.2 Å². The van der Waals surface area contributed by atoms with Crippen LogP contribution in [0.4, 0.5) is 0 Å². The molecule has 0 spiro atoms. The van der Waals surface area contributed by atoms with Crippen LogP contribution in [-0.4, -0.2) is 47.0 Å². The van der Waals surface area contributed by atoms with Crippen LogP contribution in [0.3, 0.4) is 0 Å². The average molecular weight is 388 g/mol. The van der Waals surface area contributed by atoms with Gasteiger partial charge in [-0.2, -0.15) is 0 Å². The maximum atomic E-state index is 13.6. The lowest BCUT2D eigenvalue weighted by atomic mass is 9.62. The van der Waals surface area contributed by atoms with E-state index in [1.165, 1.54) is 20.3 Å². The lowest BCUT2D eigenvalue weighted by Crippen LogP contribution is -2.54. The molecule has 2 aliphatic rings. The zero-order chi connectivity index (χ0) is 20.8. The summed E-state index contributed by atoms with van der Waals surface area (Å²) < 4.78 is 16.8. The monoisotopic (exact) mass is 388 g/mol. The number of carbonyl (C=O) groups is 1. The molecule has 7 heteroatoms. The molecule has 1 aliphatic carbocycles. The van der Waals surface area contributed by atoms with Crippen LogP contribution >= 0.6 is 0 Å². The predicted octanol–water partition coefficient (Wildman–Crippen LogP) is 2.99. The van der Waals surface area contributed by atoms with Gasteiger partial charge in [0, 0.05) is 10.8 Å². The van der Waals surface area contributed by atoms with Gasteiger partial charge in [-0.05, 0) is 31.0 Å². The number of phenols is 2. The molecule has 1 fully saturated rings. The molecule has 1 aliphatic heterocycles. The van der Waals surface area contributed by atoms with Crippen LogP contribution in [0.1, 0.15) is 48.4 Å². The summed E-state index contributed by atoms with van der Waals surface area (Å²) in [6, 6.07) is 1.54. The Hall–Kier alpha value is -2.51. The van der Waals surface area contributed by atoms with E-state index < -0.39 is 34.8 Å². The lowest BCUT2D eigenvalue weighted by Gasteiger charge is -2.42. The summed E-state index contributed by atoms with van der Waals surface area (Å²) in [7, 11) is 2.72. The highest BCUT2D eigenvalue weighted by Crippen LogP contribution is 2.62. The molecule has 28 heavy (non-hydrogen) atoms. The van der Waals surface area contributed by atoms with E-state index in [2.05, 4.69) is 0 Å². The first-order valence-electron chi connectivity index (χ1n) is 9.09. The molecular formula is C21H24O7. The molecule has 1 heterocycles. The van der Waals surface area contributed by atoms with E-state index in [4.69, 9.17) is 14.2 Å². The molecule has 3 N–H and O–H groups in total. The Morgan fingerprint density at radius 2 is 1.71 bits per heavy atom. The van der Waals surface area contributed by atoms with Gasteiger partial charge in [-0.25, -0.2) is 0 Å². The number of ether oxygens (including phenoxy) is 3. The number of aromatic hydroxyl groups is 2. The Labute approximate surface area is 162 Å². The SMILES string of the molecule is COc1c(O)c2c3c(c(C)cc(O)c3c1OC)C1OC(C)C(C)(C)C1(O)C2=O. The molecule has 150 valence electrons. The normalized spacial score (nSPS) is 27.8. The van der Waals surface area contributed by atoms with Gasteiger partial charge < -0.3 is 29.5 Å². The second kappa shape index (κ2) is 5.52. The minimum Gasteiger partial charge on any atom is -0.507 e. The summed E-state index contributed by atoms with van der Waals surface area (Å²) in [6.45, 7) is 7.11. The number of ketones is 1. The molecule has 2 aromatic carbocycles. The smallest absolute Gasteiger partial charge is 0.204 e. The van der Waals surface area contributed by atoms with E-state index in [1.54, 1.807) is 20.8 Å². The van der Waals surface area contributed by atoms with Gasteiger partial charge in [0.15, 0.2) is 17.1 Å². The zero-order valence-electron chi connectivity index (χ0n) is 16.7. The van der Waals surface area contributed by atoms with Gasteiger partial charge in [-0.3, -0.25) is 4.79 Å². The van der Waals surface area contributed by atoms with E-state index in [-0.39, 0.29) is 28.2 Å². The minimum absolute atomic E-state index is 0.0738. The van der Waals surface area contributed by atoms with Crippen molar-refractivity contribution in [3.8, 4) is 23.0 Å². The number of fused-ring (bicyclic) bond motifs is 2. The standard InChI is InChI=1S/C21H24O7/c1-8-7-10(22)12-13-11(8)19-21(25,20(3,4)9(2)28-19)18(24)14(13)15(23)17(27-6)16(12)26-5/h7,9,19,22-23,25H,1-6H3. The summed E-state index contributed by atoms with van der Waals surface area (Å²) in [5, 5.41) is 33.8. The van der Waals surface area contributed by atoms with Crippen LogP contribution in [0.2, 0.25) is 0 Å². The summed E-state index contributed by atoms with van der Waals surface area (Å²) in [6.07, 6.45) is -1.35. The number of rotatable bonds is 2. The van der Waals surface area contributed by atoms with Crippen molar-refractivity contribution >= 4 is 16.6 Å². The zero-order valence-corrected chi connectivity index (χ0v) is 16.7. The van der Waals surface area contributed by atoms with Gasteiger partial charge >= 0.3 is 0 Å². The highest BCUT2D eigenvalue weighted by atomic mass is 16.5. The topological polar surface area (TPSA) is 105 Å². The Morgan fingerprint density at radius 1 is 1.11 bits per heavy atom. The molecule has 7 nitrogen and oxygen atoms in total. The molecule has 0 bridgehead atoms. The van der Waals surface area contributed by atoms with E-state index in [0.717, 1.165) is 0 Å². The van der Waals surface area contributed by atoms with Gasteiger partial charge in [0.1, 0.15) is 11.9 Å². The van der Waals surface area contributed by atoms with Gasteiger partial charge in [-0.15, -0.1) is 0 Å². The second-order valence-corrected chi connectivity index (χ2v) is 8.14. The van der Waals surface area contributed by atoms with Crippen molar-refractivity contribution in [3.05, 3.63) is 22.8 Å². The number of aryl methyl sites for hydroxylation is 1. The number of phenolic OH excluding ortho intramolecular Hbond substituents is 2. The van der Waals surface area contributed by atoms with Crippen molar-refractivity contribution in [1.29, 1.82) is 0 Å². The van der Waals surface area contributed by atoms with E-state index in [9.17, 15) is 20.1 Å². The predicted molar refractivity (Wildman–Crippen MR) is 101 cm³/mol. The van der Waals surface area contributed by atoms with Gasteiger partial charge in [0.25, 0.3) is 0 Å². The summed E-state index contributed by atoms with van der Waals surface area (Å²) in [5.74, 6) is -1.16. The van der Waals surface area contributed by atoms with Gasteiger partial charge in [-0.1, -0.05) is 13.8 Å². The Bertz CT molecular complexity index is 1040. The fourth-order valence-electron chi connectivity index (χ4n) is 4.70. The number of hydrogen-bond acceptors (Lipinski definition) is 7. The van der Waals surface area contributed by atoms with Gasteiger partial charge in [0.05, 0.1) is 31.3 Å². The third-order valence-corrected chi connectivity index (χ3v) is 6.65. The second-order valence-electron chi connectivity index (χ2n) is 8.14. The largest absolute Gasteiger partial charge is 0.507 e. The quantitative estimate of drug-likeness (QED) is 0.726. The van der Waals surface area contributed by atoms with Crippen LogP contribution < -0.4 is 9.47 Å². The number of carbonyl (C=O) groups excluding carboxylic acids is 1. The van der Waals surface area contributed by atoms with Crippen molar-refractivity contribution in [1.82, 2.24) is 0 Å². The van der Waals surface area contributed by atoms with Crippen LogP contribution in [-0.2, 0) is 4.74 Å². The molecule has 0 saturated carbocycles. The summed E-state index contributed by atoms with van der Waals surface area (Å²) >= 11 is 0. The van der Waals surface area contributed by atoms with Gasteiger partial charge in [0.2, 0.25) is 11.5 Å². The van der Waals surface area contributed by atoms with E-state index in [0.29, 0.717) is 16.5 Å². The van der Waals surface area contributed by atoms with Crippen molar-refractivity contribution < 1.29 is 34.3 Å². The third kappa shape index (κ3) is 1.83. The number of aliphatic hydroxyl groups is 1. The molecule has 4 rings (SSSR count). The molecule has 0 radical (unpaired) electrons. The molecule has 0 aromatic heterocycles. The highest BCUT2D eigenvalue weighted by Gasteiger charge is 2.67. The minimum atomic E-state index is -1.88. The molecule has 2 aromatic rings. The number of methoxy groups -OCH3 is 2. The number of Topliss-reactive ketones (excluding diaryl/α,β-unsaturated/α-hetero) is 1. The van der Waals surface area contributed by atoms with Crippen LogP contribution in [0.25, 0.3) is 10.8 Å². The molecule has 3 atom stereocenters.